The Morgan fingerprint density at radius 1 is 1.28 bits per heavy atom. The number of carbonyl (C=O) groups is 1. The first-order valence-electron chi connectivity index (χ1n) is 7.22. The van der Waals surface area contributed by atoms with Crippen molar-refractivity contribution in [1.82, 2.24) is 4.98 Å². The van der Waals surface area contributed by atoms with Crippen LogP contribution in [0.2, 0.25) is 0 Å². The average molecular weight is 363 g/mol. The zero-order valence-corrected chi connectivity index (χ0v) is 14.5. The van der Waals surface area contributed by atoms with E-state index in [-0.39, 0.29) is 23.1 Å². The highest BCUT2D eigenvalue weighted by Gasteiger charge is 2.15. The van der Waals surface area contributed by atoms with Gasteiger partial charge in [0.1, 0.15) is 0 Å². The van der Waals surface area contributed by atoms with Gasteiger partial charge in [0.05, 0.1) is 36.8 Å². The van der Waals surface area contributed by atoms with Crippen molar-refractivity contribution in [3.63, 3.8) is 0 Å². The van der Waals surface area contributed by atoms with Gasteiger partial charge in [-0.25, -0.2) is 4.98 Å². The van der Waals surface area contributed by atoms with E-state index in [1.807, 2.05) is 0 Å². The number of amides is 1. The Bertz CT molecular complexity index is 752. The van der Waals surface area contributed by atoms with Crippen molar-refractivity contribution >= 4 is 29.0 Å². The van der Waals surface area contributed by atoms with Crippen molar-refractivity contribution in [3.05, 3.63) is 52.2 Å². The van der Waals surface area contributed by atoms with E-state index in [9.17, 15) is 14.9 Å². The molecule has 25 heavy (non-hydrogen) atoms. The van der Waals surface area contributed by atoms with Crippen molar-refractivity contribution in [1.29, 1.82) is 0 Å². The number of methoxy groups -OCH3 is 2. The number of aromatic nitrogens is 1. The van der Waals surface area contributed by atoms with E-state index in [2.05, 4.69) is 10.3 Å². The molecule has 0 unspecified atom stereocenters. The number of hydrogen-bond donors (Lipinski definition) is 1. The lowest BCUT2D eigenvalue weighted by molar-refractivity contribution is -0.385. The smallest absolute Gasteiger partial charge is 0.311 e. The highest BCUT2D eigenvalue weighted by atomic mass is 32.2. The molecule has 9 heteroatoms. The first-order chi connectivity index (χ1) is 12.0. The Balaban J connectivity index is 1.86. The average Bonchev–Trinajstić information content (AvgIpc) is 2.62. The summed E-state index contributed by atoms with van der Waals surface area (Å²) in [6, 6.07) is 8.10. The van der Waals surface area contributed by atoms with Gasteiger partial charge in [0, 0.05) is 17.9 Å². The molecular formula is C16H17N3O5S. The van der Waals surface area contributed by atoms with Gasteiger partial charge in [-0.05, 0) is 17.7 Å². The van der Waals surface area contributed by atoms with E-state index in [0.717, 1.165) is 5.56 Å². The van der Waals surface area contributed by atoms with E-state index in [1.165, 1.54) is 38.2 Å². The maximum absolute atomic E-state index is 11.9. The Kier molecular flexibility index (Phi) is 6.58. The molecule has 0 aliphatic heterocycles. The normalized spacial score (nSPS) is 10.2. The molecule has 0 fully saturated rings. The Hall–Kier alpha value is -2.81. The van der Waals surface area contributed by atoms with Gasteiger partial charge >= 0.3 is 5.69 Å². The number of hydrogen-bond acceptors (Lipinski definition) is 7. The zero-order chi connectivity index (χ0) is 18.2. The van der Waals surface area contributed by atoms with Crippen LogP contribution in [0.15, 0.2) is 36.5 Å². The van der Waals surface area contributed by atoms with Crippen LogP contribution < -0.4 is 14.8 Å². The van der Waals surface area contributed by atoms with E-state index in [0.29, 0.717) is 17.3 Å². The molecule has 2 aromatic rings. The van der Waals surface area contributed by atoms with Gasteiger partial charge < -0.3 is 14.8 Å². The molecule has 0 spiro atoms. The van der Waals surface area contributed by atoms with E-state index in [4.69, 9.17) is 9.47 Å². The summed E-state index contributed by atoms with van der Waals surface area (Å²) in [6.07, 6.45) is 1.51. The molecule has 0 saturated heterocycles. The van der Waals surface area contributed by atoms with Gasteiger partial charge in [-0.1, -0.05) is 6.07 Å². The molecule has 0 aliphatic rings. The quantitative estimate of drug-likeness (QED) is 0.568. The van der Waals surface area contributed by atoms with Crippen LogP contribution in [0.1, 0.15) is 5.56 Å². The summed E-state index contributed by atoms with van der Waals surface area (Å²) < 4.78 is 9.91. The summed E-state index contributed by atoms with van der Waals surface area (Å²) in [7, 11) is 2.90. The van der Waals surface area contributed by atoms with Crippen molar-refractivity contribution in [2.75, 3.05) is 25.3 Å². The van der Waals surface area contributed by atoms with Crippen molar-refractivity contribution in [2.45, 2.75) is 5.75 Å². The van der Waals surface area contributed by atoms with Crippen LogP contribution in [0.3, 0.4) is 0 Å². The van der Waals surface area contributed by atoms with Crippen LogP contribution in [0.4, 0.5) is 11.4 Å². The number of carbonyl (C=O) groups excluding carboxylic acids is 1. The molecule has 0 saturated carbocycles. The van der Waals surface area contributed by atoms with Crippen LogP contribution >= 0.6 is 11.8 Å². The predicted octanol–water partition coefficient (Wildman–Crippen LogP) is 2.88. The van der Waals surface area contributed by atoms with Crippen LogP contribution in [-0.4, -0.2) is 35.8 Å². The zero-order valence-electron chi connectivity index (χ0n) is 13.7. The third-order valence-electron chi connectivity index (χ3n) is 3.17. The molecule has 0 aliphatic carbocycles. The molecule has 0 atom stereocenters. The lowest BCUT2D eigenvalue weighted by atomic mass is 10.2. The summed E-state index contributed by atoms with van der Waals surface area (Å²) >= 11 is 1.35. The third kappa shape index (κ3) is 5.35. The fourth-order valence-corrected chi connectivity index (χ4v) is 2.78. The molecule has 1 heterocycles. The summed E-state index contributed by atoms with van der Waals surface area (Å²) in [5, 5.41) is 13.7. The van der Waals surface area contributed by atoms with Gasteiger partial charge in [0.25, 0.3) is 0 Å². The number of ether oxygens (including phenoxy) is 2. The molecular weight excluding hydrogens is 346 g/mol. The van der Waals surface area contributed by atoms with Gasteiger partial charge in [0.15, 0.2) is 5.75 Å². The van der Waals surface area contributed by atoms with Gasteiger partial charge in [-0.15, -0.1) is 11.8 Å². The molecule has 0 bridgehead atoms. The molecule has 132 valence electrons. The highest BCUT2D eigenvalue weighted by molar-refractivity contribution is 7.99. The molecule has 1 amide bonds. The van der Waals surface area contributed by atoms with Crippen LogP contribution in [-0.2, 0) is 10.5 Å². The fraction of sp³-hybridized carbons (Fsp3) is 0.250. The highest BCUT2D eigenvalue weighted by Crippen LogP contribution is 2.29. The first kappa shape index (κ1) is 18.5. The monoisotopic (exact) mass is 363 g/mol. The number of thioether (sulfide) groups is 1. The number of rotatable bonds is 8. The number of nitro benzene ring substituents is 1. The third-order valence-corrected chi connectivity index (χ3v) is 4.17. The lowest BCUT2D eigenvalue weighted by Gasteiger charge is -2.07. The number of nitrogens with zero attached hydrogens (tertiary/aromatic N) is 2. The SMILES string of the molecule is COc1ccc(NC(=O)CSCc2ccc(OC)c([N+](=O)[O-])c2)cn1. The van der Waals surface area contributed by atoms with Gasteiger partial charge in [0.2, 0.25) is 11.8 Å². The molecule has 1 aromatic heterocycles. The van der Waals surface area contributed by atoms with Crippen LogP contribution in [0.5, 0.6) is 11.6 Å². The summed E-state index contributed by atoms with van der Waals surface area (Å²) in [5.74, 6) is 1.18. The largest absolute Gasteiger partial charge is 0.490 e. The predicted molar refractivity (Wildman–Crippen MR) is 95.2 cm³/mol. The summed E-state index contributed by atoms with van der Waals surface area (Å²) in [4.78, 5) is 26.4. The number of pyridine rings is 1. The Labute approximate surface area is 148 Å². The van der Waals surface area contributed by atoms with Crippen molar-refractivity contribution in [2.24, 2.45) is 0 Å². The van der Waals surface area contributed by atoms with E-state index < -0.39 is 4.92 Å². The second kappa shape index (κ2) is 8.88. The van der Waals surface area contributed by atoms with Crippen LogP contribution in [0.25, 0.3) is 0 Å². The fourth-order valence-electron chi connectivity index (χ4n) is 2.00. The maximum Gasteiger partial charge on any atom is 0.311 e. The molecule has 8 nitrogen and oxygen atoms in total. The van der Waals surface area contributed by atoms with Crippen LogP contribution in [0, 0.1) is 10.1 Å². The van der Waals surface area contributed by atoms with E-state index >= 15 is 0 Å². The summed E-state index contributed by atoms with van der Waals surface area (Å²) in [6.45, 7) is 0. The minimum atomic E-state index is -0.490. The number of anilines is 1. The first-order valence-corrected chi connectivity index (χ1v) is 8.38. The Morgan fingerprint density at radius 3 is 2.68 bits per heavy atom. The van der Waals surface area contributed by atoms with Gasteiger partial charge in [-0.3, -0.25) is 14.9 Å². The number of nitrogens with one attached hydrogen (secondary N) is 1. The standard InChI is InChI=1S/C16H17N3O5S/c1-23-14-5-3-11(7-13(14)19(21)22)9-25-10-15(20)18-12-4-6-16(24-2)17-8-12/h3-8H,9-10H2,1-2H3,(H,18,20). The topological polar surface area (TPSA) is 104 Å². The molecule has 2 rings (SSSR count). The second-order valence-corrected chi connectivity index (χ2v) is 5.88. The lowest BCUT2D eigenvalue weighted by Crippen LogP contribution is -2.14. The maximum atomic E-state index is 11.9. The van der Waals surface area contributed by atoms with Crippen molar-refractivity contribution < 1.29 is 19.2 Å². The molecule has 1 aromatic carbocycles. The minimum Gasteiger partial charge on any atom is -0.490 e. The van der Waals surface area contributed by atoms with Crippen molar-refractivity contribution in [3.8, 4) is 11.6 Å². The minimum absolute atomic E-state index is 0.0886. The second-order valence-electron chi connectivity index (χ2n) is 4.89. The van der Waals surface area contributed by atoms with E-state index in [1.54, 1.807) is 24.3 Å². The summed E-state index contributed by atoms with van der Waals surface area (Å²) in [5.41, 5.74) is 1.23. The molecule has 0 radical (unpaired) electrons. The molecule has 1 N–H and O–H groups in total. The Morgan fingerprint density at radius 2 is 2.08 bits per heavy atom. The van der Waals surface area contributed by atoms with Gasteiger partial charge in [-0.2, -0.15) is 0 Å². The number of nitro groups is 1. The number of benzene rings is 1.